The average Bonchev–Trinajstić information content (AvgIpc) is 3.26. The lowest BCUT2D eigenvalue weighted by Crippen LogP contribution is -2.33. The third kappa shape index (κ3) is 5.88. The number of benzene rings is 2. The van der Waals surface area contributed by atoms with Crippen molar-refractivity contribution in [3.63, 3.8) is 0 Å². The quantitative estimate of drug-likeness (QED) is 0.681. The number of ether oxygens (including phenoxy) is 1. The molecule has 1 heterocycles. The summed E-state index contributed by atoms with van der Waals surface area (Å²) in [5, 5.41) is 0. The van der Waals surface area contributed by atoms with Crippen LogP contribution in [0.3, 0.4) is 0 Å². The first kappa shape index (κ1) is 21.5. The molecule has 0 aromatic heterocycles. The zero-order valence-electron chi connectivity index (χ0n) is 16.7. The highest BCUT2D eigenvalue weighted by atomic mass is 32.2. The maximum atomic E-state index is 13.1. The molecule has 0 bridgehead atoms. The molecular weight excluding hydrogens is 388 g/mol. The molecule has 156 valence electrons. The molecule has 1 N–H and O–H groups in total. The van der Waals surface area contributed by atoms with E-state index in [4.69, 9.17) is 4.74 Å². The number of hydrogen-bond acceptors (Lipinski definition) is 4. The van der Waals surface area contributed by atoms with Crippen LogP contribution in [0.25, 0.3) is 0 Å². The SMILES string of the molecule is CCCN(Cc1ccccc1)C(=O)c1cccc(S(=O)(=O)NCC2CCCO2)c1. The van der Waals surface area contributed by atoms with Gasteiger partial charge < -0.3 is 9.64 Å². The Morgan fingerprint density at radius 1 is 1.17 bits per heavy atom. The lowest BCUT2D eigenvalue weighted by Gasteiger charge is -2.22. The zero-order chi connectivity index (χ0) is 20.7. The summed E-state index contributed by atoms with van der Waals surface area (Å²) in [5.41, 5.74) is 1.41. The number of carbonyl (C=O) groups excluding carboxylic acids is 1. The van der Waals surface area contributed by atoms with Crippen molar-refractivity contribution in [1.82, 2.24) is 9.62 Å². The minimum absolute atomic E-state index is 0.0829. The number of amides is 1. The van der Waals surface area contributed by atoms with Gasteiger partial charge in [-0.3, -0.25) is 4.79 Å². The lowest BCUT2D eigenvalue weighted by atomic mass is 10.1. The van der Waals surface area contributed by atoms with Crippen molar-refractivity contribution >= 4 is 15.9 Å². The molecule has 0 aliphatic carbocycles. The van der Waals surface area contributed by atoms with Crippen molar-refractivity contribution in [2.75, 3.05) is 19.7 Å². The average molecular weight is 417 g/mol. The van der Waals surface area contributed by atoms with Gasteiger partial charge in [-0.05, 0) is 43.0 Å². The molecule has 1 aliphatic heterocycles. The second-order valence-corrected chi connectivity index (χ2v) is 8.99. The molecule has 1 unspecified atom stereocenters. The van der Waals surface area contributed by atoms with Crippen LogP contribution in [0.1, 0.15) is 42.1 Å². The number of hydrogen-bond donors (Lipinski definition) is 1. The van der Waals surface area contributed by atoms with Crippen LogP contribution < -0.4 is 4.72 Å². The van der Waals surface area contributed by atoms with E-state index in [0.717, 1.165) is 24.8 Å². The fraction of sp³-hybridized carbons (Fsp3) is 0.409. The third-order valence-corrected chi connectivity index (χ3v) is 6.33. The van der Waals surface area contributed by atoms with Crippen molar-refractivity contribution in [2.24, 2.45) is 0 Å². The summed E-state index contributed by atoms with van der Waals surface area (Å²) in [6.07, 6.45) is 2.54. The maximum absolute atomic E-state index is 13.1. The third-order valence-electron chi connectivity index (χ3n) is 4.91. The van der Waals surface area contributed by atoms with Crippen molar-refractivity contribution in [3.8, 4) is 0 Å². The molecule has 2 aromatic carbocycles. The molecule has 1 aliphatic rings. The van der Waals surface area contributed by atoms with Crippen molar-refractivity contribution < 1.29 is 17.9 Å². The molecule has 1 atom stereocenters. The topological polar surface area (TPSA) is 75.7 Å². The summed E-state index contributed by atoms with van der Waals surface area (Å²) in [4.78, 5) is 14.9. The molecule has 29 heavy (non-hydrogen) atoms. The van der Waals surface area contributed by atoms with Crippen LogP contribution in [-0.4, -0.2) is 45.0 Å². The summed E-state index contributed by atoms with van der Waals surface area (Å²) in [6.45, 7) is 4.02. The molecule has 1 fully saturated rings. The maximum Gasteiger partial charge on any atom is 0.254 e. The number of nitrogens with one attached hydrogen (secondary N) is 1. The van der Waals surface area contributed by atoms with Crippen LogP contribution >= 0.6 is 0 Å². The molecule has 3 rings (SSSR count). The number of nitrogens with zero attached hydrogens (tertiary/aromatic N) is 1. The van der Waals surface area contributed by atoms with Crippen LogP contribution in [0.5, 0.6) is 0 Å². The van der Waals surface area contributed by atoms with E-state index in [2.05, 4.69) is 4.72 Å². The Labute approximate surface area is 172 Å². The summed E-state index contributed by atoms with van der Waals surface area (Å²) < 4.78 is 33.4. The summed E-state index contributed by atoms with van der Waals surface area (Å²) in [7, 11) is -3.70. The Morgan fingerprint density at radius 2 is 1.97 bits per heavy atom. The Balaban J connectivity index is 1.74. The van der Waals surface area contributed by atoms with Gasteiger partial charge in [0, 0.05) is 31.8 Å². The Kier molecular flexibility index (Phi) is 7.41. The van der Waals surface area contributed by atoms with Gasteiger partial charge in [0.2, 0.25) is 10.0 Å². The van der Waals surface area contributed by atoms with Crippen molar-refractivity contribution in [1.29, 1.82) is 0 Å². The minimum atomic E-state index is -3.70. The monoisotopic (exact) mass is 416 g/mol. The normalized spacial score (nSPS) is 16.7. The van der Waals surface area contributed by atoms with Crippen molar-refractivity contribution in [3.05, 3.63) is 65.7 Å². The summed E-state index contributed by atoms with van der Waals surface area (Å²) in [5.74, 6) is -0.174. The van der Waals surface area contributed by atoms with Crippen molar-refractivity contribution in [2.45, 2.75) is 43.7 Å². The van der Waals surface area contributed by atoms with E-state index in [1.807, 2.05) is 37.3 Å². The van der Waals surface area contributed by atoms with Gasteiger partial charge in [-0.2, -0.15) is 0 Å². The fourth-order valence-corrected chi connectivity index (χ4v) is 4.51. The number of sulfonamides is 1. The van der Waals surface area contributed by atoms with Gasteiger partial charge in [-0.1, -0.05) is 43.3 Å². The zero-order valence-corrected chi connectivity index (χ0v) is 17.5. The highest BCUT2D eigenvalue weighted by molar-refractivity contribution is 7.89. The van der Waals surface area contributed by atoms with E-state index in [-0.39, 0.29) is 23.5 Å². The Bertz CT molecular complexity index is 909. The van der Waals surface area contributed by atoms with Gasteiger partial charge in [-0.15, -0.1) is 0 Å². The predicted molar refractivity (Wildman–Crippen MR) is 112 cm³/mol. The van der Waals surface area contributed by atoms with Crippen LogP contribution in [0, 0.1) is 0 Å². The first-order valence-corrected chi connectivity index (χ1v) is 11.5. The van der Waals surface area contributed by atoms with Crippen LogP contribution in [0.4, 0.5) is 0 Å². The Hall–Kier alpha value is -2.22. The highest BCUT2D eigenvalue weighted by Crippen LogP contribution is 2.17. The molecule has 0 saturated carbocycles. The molecule has 1 amide bonds. The number of carbonyl (C=O) groups is 1. The number of rotatable bonds is 9. The summed E-state index contributed by atoms with van der Waals surface area (Å²) in [6, 6.07) is 16.0. The van der Waals surface area contributed by atoms with E-state index in [1.54, 1.807) is 17.0 Å². The second-order valence-electron chi connectivity index (χ2n) is 7.23. The molecule has 6 nitrogen and oxygen atoms in total. The molecule has 2 aromatic rings. The van der Waals surface area contributed by atoms with E-state index in [1.165, 1.54) is 12.1 Å². The minimum Gasteiger partial charge on any atom is -0.377 e. The van der Waals surface area contributed by atoms with Gasteiger partial charge in [0.25, 0.3) is 5.91 Å². The molecule has 0 spiro atoms. The highest BCUT2D eigenvalue weighted by Gasteiger charge is 2.22. The fourth-order valence-electron chi connectivity index (χ4n) is 3.40. The lowest BCUT2D eigenvalue weighted by molar-refractivity contribution is 0.0743. The van der Waals surface area contributed by atoms with Crippen LogP contribution in [0.15, 0.2) is 59.5 Å². The second kappa shape index (κ2) is 10.0. The van der Waals surface area contributed by atoms with Gasteiger partial charge in [-0.25, -0.2) is 13.1 Å². The smallest absolute Gasteiger partial charge is 0.254 e. The van der Waals surface area contributed by atoms with Gasteiger partial charge >= 0.3 is 0 Å². The largest absolute Gasteiger partial charge is 0.377 e. The van der Waals surface area contributed by atoms with E-state index in [9.17, 15) is 13.2 Å². The molecular formula is C22H28N2O4S. The van der Waals surface area contributed by atoms with Gasteiger partial charge in [0.05, 0.1) is 11.0 Å². The summed E-state index contributed by atoms with van der Waals surface area (Å²) >= 11 is 0. The van der Waals surface area contributed by atoms with Gasteiger partial charge in [0.15, 0.2) is 0 Å². The molecule has 1 saturated heterocycles. The predicted octanol–water partition coefficient (Wildman–Crippen LogP) is 3.20. The first-order valence-electron chi connectivity index (χ1n) is 10.0. The van der Waals surface area contributed by atoms with Gasteiger partial charge in [0.1, 0.15) is 0 Å². The van der Waals surface area contributed by atoms with Crippen LogP contribution in [0.2, 0.25) is 0 Å². The molecule has 7 heteroatoms. The standard InChI is InChI=1S/C22H28N2O4S/c1-2-13-24(17-18-8-4-3-5-9-18)22(25)19-10-6-12-21(15-19)29(26,27)23-16-20-11-7-14-28-20/h3-6,8-10,12,15,20,23H,2,7,11,13-14,16-17H2,1H3. The van der Waals surface area contributed by atoms with E-state index in [0.29, 0.717) is 25.3 Å². The van der Waals surface area contributed by atoms with E-state index < -0.39 is 10.0 Å². The van der Waals surface area contributed by atoms with E-state index >= 15 is 0 Å². The Morgan fingerprint density at radius 3 is 2.66 bits per heavy atom. The van der Waals surface area contributed by atoms with Crippen LogP contribution in [-0.2, 0) is 21.3 Å². The molecule has 0 radical (unpaired) electrons. The first-order chi connectivity index (χ1) is 14.0.